The molecule has 2 amide bonds. The first-order valence-corrected chi connectivity index (χ1v) is 9.98. The summed E-state index contributed by atoms with van der Waals surface area (Å²) in [6.45, 7) is 5.15. The molecule has 2 heterocycles. The second kappa shape index (κ2) is 8.45. The van der Waals surface area contributed by atoms with Gasteiger partial charge >= 0.3 is 0 Å². The Labute approximate surface area is 158 Å². The highest BCUT2D eigenvalue weighted by Crippen LogP contribution is 2.23. The minimum Gasteiger partial charge on any atom is -0.354 e. The molecule has 6 heteroatoms. The van der Waals surface area contributed by atoms with Gasteiger partial charge in [-0.3, -0.25) is 9.59 Å². The number of rotatable bonds is 5. The van der Waals surface area contributed by atoms with Gasteiger partial charge in [-0.1, -0.05) is 30.3 Å². The summed E-state index contributed by atoms with van der Waals surface area (Å²) < 4.78 is 0. The third-order valence-electron chi connectivity index (χ3n) is 4.63. The Hall–Kier alpha value is -2.21. The van der Waals surface area contributed by atoms with Crippen molar-refractivity contribution < 1.29 is 9.59 Å². The van der Waals surface area contributed by atoms with Crippen LogP contribution in [0, 0.1) is 5.92 Å². The maximum atomic E-state index is 12.9. The van der Waals surface area contributed by atoms with E-state index in [0.29, 0.717) is 31.6 Å². The number of carbonyl (C=O) groups is 2. The lowest BCUT2D eigenvalue weighted by molar-refractivity contribution is -0.126. The number of thiazole rings is 1. The Morgan fingerprint density at radius 1 is 1.23 bits per heavy atom. The number of nitrogens with one attached hydrogen (secondary N) is 1. The van der Waals surface area contributed by atoms with Gasteiger partial charge in [0.25, 0.3) is 5.91 Å². The summed E-state index contributed by atoms with van der Waals surface area (Å²) in [6.07, 6.45) is 2.14. The SMILES string of the molecule is CC(C)NC(=O)C1CCN(C(=O)c2ncsc2Cc2ccccc2)CC1. The smallest absolute Gasteiger partial charge is 0.273 e. The van der Waals surface area contributed by atoms with Gasteiger partial charge in [-0.2, -0.15) is 0 Å². The van der Waals surface area contributed by atoms with E-state index in [0.717, 1.165) is 11.3 Å². The molecule has 1 aromatic heterocycles. The molecule has 0 saturated carbocycles. The molecular formula is C20H25N3O2S. The highest BCUT2D eigenvalue weighted by molar-refractivity contribution is 7.10. The van der Waals surface area contributed by atoms with E-state index in [1.54, 1.807) is 5.51 Å². The second-order valence-corrected chi connectivity index (χ2v) is 7.96. The van der Waals surface area contributed by atoms with Gasteiger partial charge in [-0.15, -0.1) is 11.3 Å². The van der Waals surface area contributed by atoms with Gasteiger partial charge in [0.05, 0.1) is 5.51 Å². The lowest BCUT2D eigenvalue weighted by atomic mass is 9.95. The molecular weight excluding hydrogens is 346 g/mol. The summed E-state index contributed by atoms with van der Waals surface area (Å²) in [4.78, 5) is 32.2. The fourth-order valence-corrected chi connectivity index (χ4v) is 4.04. The Morgan fingerprint density at radius 3 is 2.58 bits per heavy atom. The quantitative estimate of drug-likeness (QED) is 0.878. The topological polar surface area (TPSA) is 62.3 Å². The van der Waals surface area contributed by atoms with Crippen LogP contribution in [0.2, 0.25) is 0 Å². The zero-order valence-corrected chi connectivity index (χ0v) is 16.1. The van der Waals surface area contributed by atoms with Gasteiger partial charge < -0.3 is 10.2 Å². The Morgan fingerprint density at radius 2 is 1.92 bits per heavy atom. The monoisotopic (exact) mass is 371 g/mol. The Bertz CT molecular complexity index is 749. The van der Waals surface area contributed by atoms with Crippen LogP contribution in [0.3, 0.4) is 0 Å². The minimum absolute atomic E-state index is 0.000623. The number of hydrogen-bond donors (Lipinski definition) is 1. The molecule has 1 N–H and O–H groups in total. The van der Waals surface area contributed by atoms with E-state index in [1.165, 1.54) is 16.9 Å². The van der Waals surface area contributed by atoms with Crippen LogP contribution < -0.4 is 5.32 Å². The van der Waals surface area contributed by atoms with Crippen molar-refractivity contribution in [2.24, 2.45) is 5.92 Å². The fraction of sp³-hybridized carbons (Fsp3) is 0.450. The molecule has 1 aliphatic rings. The summed E-state index contributed by atoms with van der Waals surface area (Å²) >= 11 is 1.53. The molecule has 1 saturated heterocycles. The van der Waals surface area contributed by atoms with Gasteiger partial charge in [-0.25, -0.2) is 4.98 Å². The predicted molar refractivity (Wildman–Crippen MR) is 103 cm³/mol. The van der Waals surface area contributed by atoms with Crippen LogP contribution in [0.5, 0.6) is 0 Å². The third-order valence-corrected chi connectivity index (χ3v) is 5.47. The number of nitrogens with zero attached hydrogens (tertiary/aromatic N) is 2. The number of amides is 2. The van der Waals surface area contributed by atoms with E-state index < -0.39 is 0 Å². The van der Waals surface area contributed by atoms with Crippen molar-refractivity contribution in [3.8, 4) is 0 Å². The van der Waals surface area contributed by atoms with Crippen LogP contribution in [0.1, 0.15) is 47.6 Å². The molecule has 0 atom stereocenters. The second-order valence-electron chi connectivity index (χ2n) is 7.02. The maximum Gasteiger partial charge on any atom is 0.273 e. The molecule has 0 spiro atoms. The van der Waals surface area contributed by atoms with Gasteiger partial charge in [0.2, 0.25) is 5.91 Å². The summed E-state index contributed by atoms with van der Waals surface area (Å²) in [5, 5.41) is 2.97. The maximum absolute atomic E-state index is 12.9. The molecule has 138 valence electrons. The Balaban J connectivity index is 1.61. The molecule has 0 bridgehead atoms. The third kappa shape index (κ3) is 4.49. The molecule has 3 rings (SSSR count). The molecule has 1 fully saturated rings. The van der Waals surface area contributed by atoms with Crippen molar-refractivity contribution in [2.75, 3.05) is 13.1 Å². The molecule has 0 unspecified atom stereocenters. The number of likely N-dealkylation sites (tertiary alicyclic amines) is 1. The van der Waals surface area contributed by atoms with Crippen molar-refractivity contribution >= 4 is 23.2 Å². The van der Waals surface area contributed by atoms with E-state index in [1.807, 2.05) is 36.9 Å². The van der Waals surface area contributed by atoms with Crippen molar-refractivity contribution in [3.05, 3.63) is 52.0 Å². The lowest BCUT2D eigenvalue weighted by Gasteiger charge is -2.31. The van der Waals surface area contributed by atoms with E-state index >= 15 is 0 Å². The van der Waals surface area contributed by atoms with Crippen LogP contribution in [0.25, 0.3) is 0 Å². The first-order chi connectivity index (χ1) is 12.5. The van der Waals surface area contributed by atoms with Gasteiger partial charge in [0.1, 0.15) is 5.69 Å². The molecule has 2 aromatic rings. The highest BCUT2D eigenvalue weighted by Gasteiger charge is 2.29. The summed E-state index contributed by atoms with van der Waals surface area (Å²) in [5.74, 6) is 0.0890. The average molecular weight is 372 g/mol. The average Bonchev–Trinajstić information content (AvgIpc) is 3.09. The number of carbonyl (C=O) groups excluding carboxylic acids is 2. The van der Waals surface area contributed by atoms with Crippen LogP contribution >= 0.6 is 11.3 Å². The van der Waals surface area contributed by atoms with E-state index in [9.17, 15) is 9.59 Å². The van der Waals surface area contributed by atoms with Crippen molar-refractivity contribution in [1.29, 1.82) is 0 Å². The summed E-state index contributed by atoms with van der Waals surface area (Å²) in [5.41, 5.74) is 3.48. The largest absolute Gasteiger partial charge is 0.354 e. The first kappa shape index (κ1) is 18.6. The van der Waals surface area contributed by atoms with E-state index in [4.69, 9.17) is 0 Å². The highest BCUT2D eigenvalue weighted by atomic mass is 32.1. The van der Waals surface area contributed by atoms with Crippen LogP contribution in [-0.2, 0) is 11.2 Å². The molecule has 1 aromatic carbocycles. The lowest BCUT2D eigenvalue weighted by Crippen LogP contribution is -2.44. The van der Waals surface area contributed by atoms with Crippen molar-refractivity contribution in [2.45, 2.75) is 39.2 Å². The van der Waals surface area contributed by atoms with Crippen LogP contribution in [0.4, 0.5) is 0 Å². The van der Waals surface area contributed by atoms with Crippen LogP contribution in [0.15, 0.2) is 35.8 Å². The van der Waals surface area contributed by atoms with Crippen LogP contribution in [-0.4, -0.2) is 40.8 Å². The molecule has 1 aliphatic heterocycles. The molecule has 0 aliphatic carbocycles. The number of benzene rings is 1. The summed E-state index contributed by atoms with van der Waals surface area (Å²) in [6, 6.07) is 10.3. The zero-order chi connectivity index (χ0) is 18.5. The normalized spacial score (nSPS) is 15.3. The number of hydrogen-bond acceptors (Lipinski definition) is 4. The predicted octanol–water partition coefficient (Wildman–Crippen LogP) is 3.11. The minimum atomic E-state index is -0.0140. The standard InChI is InChI=1S/C20H25N3O2S/c1-14(2)22-19(24)16-8-10-23(11-9-16)20(25)18-17(26-13-21-18)12-15-6-4-3-5-7-15/h3-7,13-14,16H,8-12H2,1-2H3,(H,22,24). The fourth-order valence-electron chi connectivity index (χ4n) is 3.25. The zero-order valence-electron chi connectivity index (χ0n) is 15.3. The first-order valence-electron chi connectivity index (χ1n) is 9.10. The number of aromatic nitrogens is 1. The summed E-state index contributed by atoms with van der Waals surface area (Å²) in [7, 11) is 0. The van der Waals surface area contributed by atoms with Gasteiger partial charge in [0, 0.05) is 36.3 Å². The van der Waals surface area contributed by atoms with Gasteiger partial charge in [-0.05, 0) is 32.3 Å². The molecule has 0 radical (unpaired) electrons. The number of piperidine rings is 1. The van der Waals surface area contributed by atoms with Crippen molar-refractivity contribution in [1.82, 2.24) is 15.2 Å². The Kier molecular flexibility index (Phi) is 6.04. The van der Waals surface area contributed by atoms with E-state index in [2.05, 4.69) is 22.4 Å². The van der Waals surface area contributed by atoms with E-state index in [-0.39, 0.29) is 23.8 Å². The van der Waals surface area contributed by atoms with Crippen molar-refractivity contribution in [3.63, 3.8) is 0 Å². The molecule has 26 heavy (non-hydrogen) atoms. The molecule has 5 nitrogen and oxygen atoms in total. The van der Waals surface area contributed by atoms with Gasteiger partial charge in [0.15, 0.2) is 0 Å².